The Bertz CT molecular complexity index is 303. The molecule has 0 saturated heterocycles. The highest BCUT2D eigenvalue weighted by atomic mass is 16.5. The smallest absolute Gasteiger partial charge is 0.133 e. The number of hydrogen-bond donors (Lipinski definition) is 1. The lowest BCUT2D eigenvalue weighted by atomic mass is 9.90. The van der Waals surface area contributed by atoms with Crippen LogP contribution in [0.5, 0.6) is 0 Å². The van der Waals surface area contributed by atoms with Gasteiger partial charge in [-0.15, -0.1) is 0 Å². The molecule has 1 aliphatic carbocycles. The van der Waals surface area contributed by atoms with E-state index in [0.717, 1.165) is 23.8 Å². The minimum atomic E-state index is 0.526. The standard InChI is InChI=1S/C13H21NO2/c14-8-12-6-7-16-13(12)10-15-9-11-4-2-1-3-5-11/h6-7,11H,1-5,8-10,14H2. The summed E-state index contributed by atoms with van der Waals surface area (Å²) in [5.74, 6) is 1.64. The summed E-state index contributed by atoms with van der Waals surface area (Å²) in [7, 11) is 0. The molecule has 2 rings (SSSR count). The van der Waals surface area contributed by atoms with Gasteiger partial charge in [-0.05, 0) is 24.8 Å². The van der Waals surface area contributed by atoms with Crippen LogP contribution < -0.4 is 5.73 Å². The first kappa shape index (κ1) is 11.7. The van der Waals surface area contributed by atoms with Gasteiger partial charge in [0.25, 0.3) is 0 Å². The second-order valence-electron chi connectivity index (χ2n) is 4.59. The predicted molar refractivity (Wildman–Crippen MR) is 62.8 cm³/mol. The zero-order valence-electron chi connectivity index (χ0n) is 9.78. The maximum absolute atomic E-state index is 5.71. The monoisotopic (exact) mass is 223 g/mol. The fourth-order valence-electron chi connectivity index (χ4n) is 2.35. The van der Waals surface area contributed by atoms with E-state index in [4.69, 9.17) is 14.9 Å². The molecule has 3 heteroatoms. The Morgan fingerprint density at radius 2 is 2.12 bits per heavy atom. The largest absolute Gasteiger partial charge is 0.467 e. The lowest BCUT2D eigenvalue weighted by Gasteiger charge is -2.21. The second kappa shape index (κ2) is 6.06. The summed E-state index contributed by atoms with van der Waals surface area (Å²) >= 11 is 0. The van der Waals surface area contributed by atoms with Gasteiger partial charge in [-0.1, -0.05) is 19.3 Å². The maximum atomic E-state index is 5.71. The van der Waals surface area contributed by atoms with Gasteiger partial charge in [0, 0.05) is 18.7 Å². The van der Waals surface area contributed by atoms with Crippen molar-refractivity contribution in [2.24, 2.45) is 11.7 Å². The molecule has 3 nitrogen and oxygen atoms in total. The third kappa shape index (κ3) is 3.09. The molecule has 1 aromatic heterocycles. The minimum Gasteiger partial charge on any atom is -0.467 e. The summed E-state index contributed by atoms with van der Waals surface area (Å²) < 4.78 is 11.1. The summed E-state index contributed by atoms with van der Waals surface area (Å²) in [5.41, 5.74) is 6.65. The van der Waals surface area contributed by atoms with Gasteiger partial charge in [-0.3, -0.25) is 0 Å². The van der Waals surface area contributed by atoms with E-state index in [2.05, 4.69) is 0 Å². The average molecular weight is 223 g/mol. The molecule has 0 amide bonds. The molecule has 0 aromatic carbocycles. The van der Waals surface area contributed by atoms with Crippen molar-refractivity contribution < 1.29 is 9.15 Å². The second-order valence-corrected chi connectivity index (χ2v) is 4.59. The molecule has 16 heavy (non-hydrogen) atoms. The van der Waals surface area contributed by atoms with Gasteiger partial charge in [-0.2, -0.15) is 0 Å². The Balaban J connectivity index is 1.71. The summed E-state index contributed by atoms with van der Waals surface area (Å²) in [6, 6.07) is 1.92. The summed E-state index contributed by atoms with van der Waals surface area (Å²) in [6.07, 6.45) is 8.45. The lowest BCUT2D eigenvalue weighted by Crippen LogP contribution is -2.13. The zero-order valence-corrected chi connectivity index (χ0v) is 9.78. The Morgan fingerprint density at radius 3 is 2.88 bits per heavy atom. The van der Waals surface area contributed by atoms with Crippen molar-refractivity contribution >= 4 is 0 Å². The van der Waals surface area contributed by atoms with Crippen molar-refractivity contribution in [2.45, 2.75) is 45.3 Å². The van der Waals surface area contributed by atoms with Gasteiger partial charge in [-0.25, -0.2) is 0 Å². The Labute approximate surface area is 97.0 Å². The van der Waals surface area contributed by atoms with Crippen LogP contribution in [0.2, 0.25) is 0 Å². The van der Waals surface area contributed by atoms with Crippen molar-refractivity contribution in [1.29, 1.82) is 0 Å². The van der Waals surface area contributed by atoms with Gasteiger partial charge < -0.3 is 14.9 Å². The number of nitrogens with two attached hydrogens (primary N) is 1. The predicted octanol–water partition coefficient (Wildman–Crippen LogP) is 2.84. The summed E-state index contributed by atoms with van der Waals surface area (Å²) in [5, 5.41) is 0. The van der Waals surface area contributed by atoms with E-state index in [0.29, 0.717) is 13.2 Å². The van der Waals surface area contributed by atoms with Crippen LogP contribution in [0.4, 0.5) is 0 Å². The molecule has 0 bridgehead atoms. The van der Waals surface area contributed by atoms with E-state index in [-0.39, 0.29) is 0 Å². The molecule has 1 aromatic rings. The summed E-state index contributed by atoms with van der Waals surface area (Å²) in [4.78, 5) is 0. The first-order valence-corrected chi connectivity index (χ1v) is 6.23. The van der Waals surface area contributed by atoms with E-state index in [1.54, 1.807) is 6.26 Å². The highest BCUT2D eigenvalue weighted by molar-refractivity contribution is 5.15. The molecule has 1 saturated carbocycles. The zero-order chi connectivity index (χ0) is 11.2. The van der Waals surface area contributed by atoms with Gasteiger partial charge >= 0.3 is 0 Å². The molecule has 90 valence electrons. The normalized spacial score (nSPS) is 17.8. The number of rotatable bonds is 5. The first-order valence-electron chi connectivity index (χ1n) is 6.23. The van der Waals surface area contributed by atoms with Crippen LogP contribution in [0.25, 0.3) is 0 Å². The fourth-order valence-corrected chi connectivity index (χ4v) is 2.35. The molecule has 0 radical (unpaired) electrons. The highest BCUT2D eigenvalue weighted by Crippen LogP contribution is 2.24. The van der Waals surface area contributed by atoms with Gasteiger partial charge in [0.15, 0.2) is 0 Å². The van der Waals surface area contributed by atoms with Crippen molar-refractivity contribution in [1.82, 2.24) is 0 Å². The van der Waals surface area contributed by atoms with Crippen LogP contribution in [-0.2, 0) is 17.9 Å². The molecule has 2 N–H and O–H groups in total. The van der Waals surface area contributed by atoms with E-state index >= 15 is 0 Å². The molecular formula is C13H21NO2. The molecule has 1 heterocycles. The molecule has 1 fully saturated rings. The van der Waals surface area contributed by atoms with Crippen molar-refractivity contribution in [3.05, 3.63) is 23.7 Å². The Morgan fingerprint density at radius 1 is 1.31 bits per heavy atom. The van der Waals surface area contributed by atoms with Gasteiger partial charge in [0.05, 0.1) is 6.26 Å². The third-order valence-electron chi connectivity index (χ3n) is 3.37. The molecule has 0 unspecified atom stereocenters. The van der Waals surface area contributed by atoms with Crippen LogP contribution in [0.15, 0.2) is 16.7 Å². The van der Waals surface area contributed by atoms with E-state index in [9.17, 15) is 0 Å². The first-order chi connectivity index (χ1) is 7.90. The van der Waals surface area contributed by atoms with Crippen LogP contribution in [0.1, 0.15) is 43.4 Å². The van der Waals surface area contributed by atoms with Crippen molar-refractivity contribution in [3.8, 4) is 0 Å². The average Bonchev–Trinajstić information content (AvgIpc) is 2.78. The molecule has 0 spiro atoms. The van der Waals surface area contributed by atoms with Gasteiger partial charge in [0.1, 0.15) is 12.4 Å². The van der Waals surface area contributed by atoms with E-state index < -0.39 is 0 Å². The molecular weight excluding hydrogens is 202 g/mol. The van der Waals surface area contributed by atoms with Gasteiger partial charge in [0.2, 0.25) is 0 Å². The highest BCUT2D eigenvalue weighted by Gasteiger charge is 2.14. The van der Waals surface area contributed by atoms with Crippen LogP contribution in [0.3, 0.4) is 0 Å². The molecule has 1 aliphatic rings. The SMILES string of the molecule is NCc1ccoc1COCC1CCCCC1. The maximum Gasteiger partial charge on any atom is 0.133 e. The van der Waals surface area contributed by atoms with Crippen LogP contribution in [-0.4, -0.2) is 6.61 Å². The lowest BCUT2D eigenvalue weighted by molar-refractivity contribution is 0.0632. The van der Waals surface area contributed by atoms with E-state index in [1.165, 1.54) is 32.1 Å². The molecule has 0 aliphatic heterocycles. The number of hydrogen-bond acceptors (Lipinski definition) is 3. The Hall–Kier alpha value is -0.800. The number of ether oxygens (including phenoxy) is 1. The van der Waals surface area contributed by atoms with Crippen LogP contribution >= 0.6 is 0 Å². The fraction of sp³-hybridized carbons (Fsp3) is 0.692. The quantitative estimate of drug-likeness (QED) is 0.835. The van der Waals surface area contributed by atoms with Crippen LogP contribution in [0, 0.1) is 5.92 Å². The Kier molecular flexibility index (Phi) is 4.43. The van der Waals surface area contributed by atoms with Crippen molar-refractivity contribution in [3.63, 3.8) is 0 Å². The number of furan rings is 1. The van der Waals surface area contributed by atoms with Crippen molar-refractivity contribution in [2.75, 3.05) is 6.61 Å². The topological polar surface area (TPSA) is 48.4 Å². The minimum absolute atomic E-state index is 0.526. The summed E-state index contributed by atoms with van der Waals surface area (Å²) in [6.45, 7) is 1.96. The molecule has 0 atom stereocenters. The third-order valence-corrected chi connectivity index (χ3v) is 3.37. The van der Waals surface area contributed by atoms with E-state index in [1.807, 2.05) is 6.07 Å².